The Kier molecular flexibility index (Phi) is 12.9. The van der Waals surface area contributed by atoms with Gasteiger partial charge in [-0.25, -0.2) is 6.08 Å². The third-order valence-electron chi connectivity index (χ3n) is 2.39. The van der Waals surface area contributed by atoms with Gasteiger partial charge in [0.05, 0.1) is 0 Å². The van der Waals surface area contributed by atoms with Crippen molar-refractivity contribution >= 4 is 6.08 Å². The predicted octanol–water partition coefficient (Wildman–Crippen LogP) is -5.59. The minimum Gasteiger partial charge on any atom is -1.00 e. The summed E-state index contributed by atoms with van der Waals surface area (Å²) in [6.07, 6.45) is 7.98. The van der Waals surface area contributed by atoms with Crippen LogP contribution in [0.2, 0.25) is 0 Å². The quantitative estimate of drug-likeness (QED) is 0.478. The summed E-state index contributed by atoms with van der Waals surface area (Å²) in [6.45, 7) is 2.22. The van der Waals surface area contributed by atoms with Crippen molar-refractivity contribution in [2.75, 3.05) is 0 Å². The maximum atomic E-state index is 3.40. The van der Waals surface area contributed by atoms with E-state index in [-0.39, 0.29) is 40.3 Å². The fourth-order valence-corrected chi connectivity index (χ4v) is 1.77. The van der Waals surface area contributed by atoms with Crippen molar-refractivity contribution in [3.05, 3.63) is 41.5 Å². The molecule has 1 atom stereocenters. The van der Waals surface area contributed by atoms with E-state index in [1.54, 1.807) is 0 Å². The molecular formula is C12H13F3Zr. The van der Waals surface area contributed by atoms with Crippen LogP contribution in [0.15, 0.2) is 24.3 Å². The molecule has 0 aromatic heterocycles. The van der Waals surface area contributed by atoms with Gasteiger partial charge in [0.1, 0.15) is 0 Å². The van der Waals surface area contributed by atoms with E-state index in [9.17, 15) is 0 Å². The van der Waals surface area contributed by atoms with Crippen LogP contribution in [0.25, 0.3) is 6.08 Å². The molecular weight excluding hydrogens is 292 g/mol. The molecule has 0 saturated carbocycles. The summed E-state index contributed by atoms with van der Waals surface area (Å²) in [5.74, 6) is 0.561. The van der Waals surface area contributed by atoms with Crippen LogP contribution in [0.5, 0.6) is 0 Å². The molecule has 0 amide bonds. The molecule has 0 aliphatic heterocycles. The zero-order chi connectivity index (χ0) is 8.39. The van der Waals surface area contributed by atoms with E-state index >= 15 is 0 Å². The molecule has 0 fully saturated rings. The molecule has 1 unspecified atom stereocenters. The number of fused-ring (bicyclic) bond motifs is 1. The first-order valence-corrected chi connectivity index (χ1v) is 4.60. The molecule has 1 aliphatic carbocycles. The van der Waals surface area contributed by atoms with Gasteiger partial charge >= 0.3 is 26.2 Å². The summed E-state index contributed by atoms with van der Waals surface area (Å²) >= 11 is 0. The molecule has 0 bridgehead atoms. The number of allylic oxidation sites excluding steroid dienone is 1. The van der Waals surface area contributed by atoms with Crippen molar-refractivity contribution in [1.82, 2.24) is 0 Å². The minimum absolute atomic E-state index is 0. The summed E-state index contributed by atoms with van der Waals surface area (Å²) in [7, 11) is 0. The van der Waals surface area contributed by atoms with E-state index in [0.717, 1.165) is 0 Å². The van der Waals surface area contributed by atoms with Crippen molar-refractivity contribution < 1.29 is 40.3 Å². The van der Waals surface area contributed by atoms with Crippen molar-refractivity contribution in [3.63, 3.8) is 0 Å². The first-order chi connectivity index (χ1) is 5.92. The molecule has 16 heavy (non-hydrogen) atoms. The van der Waals surface area contributed by atoms with Crippen LogP contribution in [0, 0.1) is 6.08 Å². The van der Waals surface area contributed by atoms with Crippen molar-refractivity contribution in [2.45, 2.75) is 25.7 Å². The third kappa shape index (κ3) is 4.25. The van der Waals surface area contributed by atoms with Gasteiger partial charge in [0, 0.05) is 0 Å². The Bertz CT molecular complexity index is 313. The minimum atomic E-state index is 0. The third-order valence-corrected chi connectivity index (χ3v) is 2.39. The molecule has 1 aromatic rings. The Balaban J connectivity index is -0.000000422. The Morgan fingerprint density at radius 3 is 2.38 bits per heavy atom. The largest absolute Gasteiger partial charge is 4.00 e. The van der Waals surface area contributed by atoms with Gasteiger partial charge in [0.15, 0.2) is 0 Å². The molecule has 0 N–H and O–H groups in total. The number of benzene rings is 1. The summed E-state index contributed by atoms with van der Waals surface area (Å²) in [5.41, 5.74) is 2.82. The summed E-state index contributed by atoms with van der Waals surface area (Å²) in [5, 5.41) is 0. The molecule has 1 aliphatic rings. The van der Waals surface area contributed by atoms with E-state index in [0.29, 0.717) is 5.92 Å². The van der Waals surface area contributed by atoms with Crippen LogP contribution < -0.4 is 14.1 Å². The van der Waals surface area contributed by atoms with Gasteiger partial charge in [-0.1, -0.05) is 43.9 Å². The van der Waals surface area contributed by atoms with Gasteiger partial charge in [-0.2, -0.15) is 5.56 Å². The first kappa shape index (κ1) is 21.0. The van der Waals surface area contributed by atoms with Gasteiger partial charge in [-0.3, -0.25) is 6.08 Å². The van der Waals surface area contributed by atoms with E-state index in [2.05, 4.69) is 43.3 Å². The van der Waals surface area contributed by atoms with Crippen LogP contribution in [-0.2, 0) is 26.2 Å². The van der Waals surface area contributed by atoms with Crippen LogP contribution in [-0.4, -0.2) is 0 Å². The average molecular weight is 305 g/mol. The van der Waals surface area contributed by atoms with E-state index in [4.69, 9.17) is 0 Å². The molecule has 0 radical (unpaired) electrons. The fourth-order valence-electron chi connectivity index (χ4n) is 1.77. The topological polar surface area (TPSA) is 0 Å². The predicted molar refractivity (Wildman–Crippen MR) is 51.8 cm³/mol. The Hall–Kier alpha value is -0.367. The van der Waals surface area contributed by atoms with Gasteiger partial charge in [-0.15, -0.1) is 11.6 Å². The number of hydrogen-bond acceptors (Lipinski definition) is 0. The van der Waals surface area contributed by atoms with Gasteiger partial charge in [0.25, 0.3) is 0 Å². The van der Waals surface area contributed by atoms with Crippen molar-refractivity contribution in [3.8, 4) is 0 Å². The number of rotatable bonds is 2. The zero-order valence-electron chi connectivity index (χ0n) is 9.01. The smallest absolute Gasteiger partial charge is 1.00 e. The molecule has 2 rings (SSSR count). The molecule has 86 valence electrons. The normalized spacial score (nSPS) is 14.7. The Morgan fingerprint density at radius 1 is 1.12 bits per heavy atom. The summed E-state index contributed by atoms with van der Waals surface area (Å²) in [6, 6.07) is 8.58. The fraction of sp³-hybridized carbons (Fsp3) is 0.333. The standard InChI is InChI=1S/C12H13.3FH.Zr/c1-2-5-10-8-9-11-6-3-4-7-12(10)11;;;;/h3-4,6-7,9-10H,2,5H2,1H3;3*1H;/q-1;;;;+4/p-3. The second kappa shape index (κ2) is 9.83. The SMILES string of the molecule is CCCC1[C-]=Cc2ccccc21.[F-].[F-].[F-].[Zr+4]. The monoisotopic (exact) mass is 304 g/mol. The van der Waals surface area contributed by atoms with E-state index in [1.165, 1.54) is 24.0 Å². The van der Waals surface area contributed by atoms with Crippen LogP contribution in [0.4, 0.5) is 0 Å². The average Bonchev–Trinajstić information content (AvgIpc) is 2.50. The maximum absolute atomic E-state index is 3.40. The van der Waals surface area contributed by atoms with E-state index in [1.807, 2.05) is 0 Å². The van der Waals surface area contributed by atoms with Crippen molar-refractivity contribution in [1.29, 1.82) is 0 Å². The van der Waals surface area contributed by atoms with Crippen LogP contribution in [0.1, 0.15) is 36.8 Å². The van der Waals surface area contributed by atoms with Gasteiger partial charge < -0.3 is 14.1 Å². The molecule has 0 spiro atoms. The summed E-state index contributed by atoms with van der Waals surface area (Å²) < 4.78 is 0. The second-order valence-electron chi connectivity index (χ2n) is 3.28. The number of hydrogen-bond donors (Lipinski definition) is 0. The van der Waals surface area contributed by atoms with Gasteiger partial charge in [-0.05, 0) is 0 Å². The Labute approximate surface area is 113 Å². The molecule has 1 aromatic carbocycles. The van der Waals surface area contributed by atoms with Crippen molar-refractivity contribution in [2.24, 2.45) is 0 Å². The molecule has 0 saturated heterocycles. The number of halogens is 3. The maximum Gasteiger partial charge on any atom is 4.00 e. The molecule has 0 nitrogen and oxygen atoms in total. The van der Waals surface area contributed by atoms with Crippen LogP contribution in [0.3, 0.4) is 0 Å². The zero-order valence-corrected chi connectivity index (χ0v) is 11.5. The molecule has 0 heterocycles. The van der Waals surface area contributed by atoms with Gasteiger partial charge in [0.2, 0.25) is 0 Å². The van der Waals surface area contributed by atoms with E-state index < -0.39 is 0 Å². The second-order valence-corrected chi connectivity index (χ2v) is 3.28. The van der Waals surface area contributed by atoms with Crippen LogP contribution >= 0.6 is 0 Å². The summed E-state index contributed by atoms with van der Waals surface area (Å²) in [4.78, 5) is 0. The molecule has 4 heteroatoms. The Morgan fingerprint density at radius 2 is 1.75 bits per heavy atom. The first-order valence-electron chi connectivity index (χ1n) is 4.60.